The van der Waals surface area contributed by atoms with Gasteiger partial charge in [-0.05, 0) is 12.8 Å². The molecule has 1 saturated carbocycles. The van der Waals surface area contributed by atoms with Crippen LogP contribution in [0.2, 0.25) is 0 Å². The fourth-order valence-electron chi connectivity index (χ4n) is 1.41. The van der Waals surface area contributed by atoms with Crippen molar-refractivity contribution in [3.8, 4) is 0 Å². The number of H-pyrrole nitrogens is 1. The largest absolute Gasteiger partial charge is 0.383 e. The quantitative estimate of drug-likeness (QED) is 0.786. The molecule has 0 aromatic carbocycles. The van der Waals surface area contributed by atoms with Gasteiger partial charge in [0.25, 0.3) is 5.91 Å². The molecule has 0 unspecified atom stereocenters. The van der Waals surface area contributed by atoms with Gasteiger partial charge in [-0.3, -0.25) is 9.89 Å². The smallest absolute Gasteiger partial charge is 0.293 e. The normalized spacial score (nSPS) is 15.1. The Morgan fingerprint density at radius 2 is 2.38 bits per heavy atom. The van der Waals surface area contributed by atoms with Crippen LogP contribution in [0.5, 0.6) is 0 Å². The topological polar surface area (TPSA) is 71.1 Å². The fourth-order valence-corrected chi connectivity index (χ4v) is 1.41. The van der Waals surface area contributed by atoms with Gasteiger partial charge in [-0.1, -0.05) is 0 Å². The first-order valence-corrected chi connectivity index (χ1v) is 5.39. The van der Waals surface area contributed by atoms with E-state index in [9.17, 15) is 4.79 Å². The highest BCUT2D eigenvalue weighted by Crippen LogP contribution is 2.37. The molecule has 1 fully saturated rings. The van der Waals surface area contributed by atoms with Gasteiger partial charge in [0.15, 0.2) is 0 Å². The molecule has 0 spiro atoms. The third kappa shape index (κ3) is 2.38. The number of amides is 1. The second-order valence-corrected chi connectivity index (χ2v) is 4.04. The average molecular weight is 224 g/mol. The van der Waals surface area contributed by atoms with Crippen molar-refractivity contribution in [2.24, 2.45) is 0 Å². The van der Waals surface area contributed by atoms with E-state index in [4.69, 9.17) is 4.74 Å². The molecule has 1 heterocycles. The Balaban J connectivity index is 1.96. The molecule has 1 N–H and O–H groups in total. The Hall–Kier alpha value is -1.43. The van der Waals surface area contributed by atoms with Gasteiger partial charge in [-0.2, -0.15) is 0 Å². The highest BCUT2D eigenvalue weighted by atomic mass is 16.5. The Kier molecular flexibility index (Phi) is 3.19. The van der Waals surface area contributed by atoms with Crippen molar-refractivity contribution in [2.75, 3.05) is 27.3 Å². The molecular weight excluding hydrogens is 208 g/mol. The van der Waals surface area contributed by atoms with Gasteiger partial charge in [0.1, 0.15) is 5.82 Å². The second-order valence-electron chi connectivity index (χ2n) is 4.04. The molecule has 1 aromatic heterocycles. The molecule has 2 rings (SSSR count). The van der Waals surface area contributed by atoms with E-state index >= 15 is 0 Å². The molecule has 0 bridgehead atoms. The first kappa shape index (κ1) is 11.1. The van der Waals surface area contributed by atoms with Crippen LogP contribution < -0.4 is 0 Å². The highest BCUT2D eigenvalue weighted by molar-refractivity contribution is 5.90. The van der Waals surface area contributed by atoms with Crippen LogP contribution in [0.4, 0.5) is 0 Å². The van der Waals surface area contributed by atoms with Crippen LogP contribution in [-0.4, -0.2) is 53.3 Å². The molecule has 1 aliphatic rings. The minimum absolute atomic E-state index is 0.166. The van der Waals surface area contributed by atoms with Crippen LogP contribution in [0.3, 0.4) is 0 Å². The number of rotatable bonds is 5. The lowest BCUT2D eigenvalue weighted by molar-refractivity contribution is 0.0733. The van der Waals surface area contributed by atoms with Crippen molar-refractivity contribution >= 4 is 5.91 Å². The summed E-state index contributed by atoms with van der Waals surface area (Å²) in [5.41, 5.74) is 0. The summed E-state index contributed by atoms with van der Waals surface area (Å²) in [6.45, 7) is 1.06. The van der Waals surface area contributed by atoms with Crippen molar-refractivity contribution < 1.29 is 9.53 Å². The van der Waals surface area contributed by atoms with Gasteiger partial charge in [-0.15, -0.1) is 5.10 Å². The summed E-state index contributed by atoms with van der Waals surface area (Å²) in [7, 11) is 3.32. The van der Waals surface area contributed by atoms with E-state index in [0.29, 0.717) is 19.1 Å². The molecule has 1 aliphatic carbocycles. The number of hydrogen-bond donors (Lipinski definition) is 1. The number of hydrogen-bond acceptors (Lipinski definition) is 4. The number of carbonyl (C=O) groups is 1. The van der Waals surface area contributed by atoms with Crippen LogP contribution >= 0.6 is 0 Å². The predicted octanol–water partition coefficient (Wildman–Crippen LogP) is 0.400. The Morgan fingerprint density at radius 1 is 1.62 bits per heavy atom. The minimum atomic E-state index is -0.166. The third-order valence-electron chi connectivity index (χ3n) is 2.64. The molecule has 0 atom stereocenters. The Bertz CT molecular complexity index is 373. The molecule has 0 saturated heterocycles. The summed E-state index contributed by atoms with van der Waals surface area (Å²) >= 11 is 0. The first-order chi connectivity index (χ1) is 7.72. The SMILES string of the molecule is COCCN(C)C(=O)c1n[nH]c(C2CC2)n1. The van der Waals surface area contributed by atoms with Crippen molar-refractivity contribution in [1.82, 2.24) is 20.1 Å². The summed E-state index contributed by atoms with van der Waals surface area (Å²) in [6, 6.07) is 0. The summed E-state index contributed by atoms with van der Waals surface area (Å²) in [5, 5.41) is 6.76. The van der Waals surface area contributed by atoms with E-state index in [2.05, 4.69) is 15.2 Å². The maximum absolute atomic E-state index is 11.8. The number of methoxy groups -OCH3 is 1. The average Bonchev–Trinajstić information content (AvgIpc) is 3.03. The number of aromatic nitrogens is 3. The lowest BCUT2D eigenvalue weighted by atomic mass is 10.4. The third-order valence-corrected chi connectivity index (χ3v) is 2.64. The molecule has 1 amide bonds. The molecule has 6 nitrogen and oxygen atoms in total. The van der Waals surface area contributed by atoms with E-state index in [1.54, 1.807) is 19.1 Å². The zero-order chi connectivity index (χ0) is 11.5. The van der Waals surface area contributed by atoms with Crippen LogP contribution in [0.15, 0.2) is 0 Å². The number of carbonyl (C=O) groups excluding carboxylic acids is 1. The standard InChI is InChI=1S/C10H16N4O2/c1-14(5-6-16-2)10(15)9-11-8(12-13-9)7-3-4-7/h7H,3-6H2,1-2H3,(H,11,12,13). The van der Waals surface area contributed by atoms with Crippen LogP contribution in [0, 0.1) is 0 Å². The maximum Gasteiger partial charge on any atom is 0.293 e. The molecular formula is C10H16N4O2. The van der Waals surface area contributed by atoms with E-state index in [-0.39, 0.29) is 11.7 Å². The van der Waals surface area contributed by atoms with Crippen molar-refractivity contribution in [2.45, 2.75) is 18.8 Å². The molecule has 1 aromatic rings. The van der Waals surface area contributed by atoms with Gasteiger partial charge >= 0.3 is 0 Å². The number of nitrogens with one attached hydrogen (secondary N) is 1. The lowest BCUT2D eigenvalue weighted by Gasteiger charge is -2.13. The van der Waals surface area contributed by atoms with Crippen LogP contribution in [0.1, 0.15) is 35.2 Å². The monoisotopic (exact) mass is 224 g/mol. The van der Waals surface area contributed by atoms with E-state index < -0.39 is 0 Å². The molecule has 16 heavy (non-hydrogen) atoms. The highest BCUT2D eigenvalue weighted by Gasteiger charge is 2.28. The molecule has 88 valence electrons. The Labute approximate surface area is 94.0 Å². The second kappa shape index (κ2) is 4.61. The summed E-state index contributed by atoms with van der Waals surface area (Å²) < 4.78 is 4.91. The first-order valence-electron chi connectivity index (χ1n) is 5.39. The molecule has 0 aliphatic heterocycles. The number of aromatic amines is 1. The van der Waals surface area contributed by atoms with Crippen molar-refractivity contribution in [3.63, 3.8) is 0 Å². The van der Waals surface area contributed by atoms with E-state index in [1.165, 1.54) is 0 Å². The minimum Gasteiger partial charge on any atom is -0.383 e. The number of ether oxygens (including phenoxy) is 1. The number of nitrogens with zero attached hydrogens (tertiary/aromatic N) is 3. The zero-order valence-corrected chi connectivity index (χ0v) is 9.56. The Morgan fingerprint density at radius 3 is 3.00 bits per heavy atom. The van der Waals surface area contributed by atoms with Crippen LogP contribution in [-0.2, 0) is 4.74 Å². The van der Waals surface area contributed by atoms with Crippen molar-refractivity contribution in [1.29, 1.82) is 0 Å². The van der Waals surface area contributed by atoms with Crippen molar-refractivity contribution in [3.05, 3.63) is 11.6 Å². The van der Waals surface area contributed by atoms with Gasteiger partial charge in [-0.25, -0.2) is 4.98 Å². The predicted molar refractivity (Wildman–Crippen MR) is 57.2 cm³/mol. The molecule has 0 radical (unpaired) electrons. The fraction of sp³-hybridized carbons (Fsp3) is 0.700. The molecule has 6 heteroatoms. The summed E-state index contributed by atoms with van der Waals surface area (Å²) in [5.74, 6) is 1.41. The zero-order valence-electron chi connectivity index (χ0n) is 9.56. The van der Waals surface area contributed by atoms with Crippen LogP contribution in [0.25, 0.3) is 0 Å². The van der Waals surface area contributed by atoms with E-state index in [1.807, 2.05) is 0 Å². The van der Waals surface area contributed by atoms with Gasteiger partial charge < -0.3 is 9.64 Å². The van der Waals surface area contributed by atoms with Gasteiger partial charge in [0, 0.05) is 26.6 Å². The summed E-state index contributed by atoms with van der Waals surface area (Å²) in [4.78, 5) is 17.6. The lowest BCUT2D eigenvalue weighted by Crippen LogP contribution is -2.30. The maximum atomic E-state index is 11.8. The number of likely N-dealkylation sites (N-methyl/N-ethyl adjacent to an activating group) is 1. The van der Waals surface area contributed by atoms with E-state index in [0.717, 1.165) is 18.7 Å². The summed E-state index contributed by atoms with van der Waals surface area (Å²) in [6.07, 6.45) is 2.28. The van der Waals surface area contributed by atoms with Gasteiger partial charge in [0.2, 0.25) is 5.82 Å². The van der Waals surface area contributed by atoms with Gasteiger partial charge in [0.05, 0.1) is 6.61 Å².